The van der Waals surface area contributed by atoms with Crippen LogP contribution in [-0.2, 0) is 11.2 Å². The predicted molar refractivity (Wildman–Crippen MR) is 74.0 cm³/mol. The third kappa shape index (κ3) is 2.83. The van der Waals surface area contributed by atoms with Gasteiger partial charge >= 0.3 is 6.03 Å². The smallest absolute Gasteiger partial charge is 0.323 e. The predicted octanol–water partition coefficient (Wildman–Crippen LogP) is 2.69. The number of halogens is 1. The second kappa shape index (κ2) is 5.97. The minimum absolute atomic E-state index is 0.0784. The van der Waals surface area contributed by atoms with Gasteiger partial charge in [-0.3, -0.25) is 9.69 Å². The number of amides is 2. The topological polar surface area (TPSA) is 63.4 Å². The van der Waals surface area contributed by atoms with Gasteiger partial charge in [0.25, 0.3) is 0 Å². The van der Waals surface area contributed by atoms with Crippen LogP contribution in [0.1, 0.15) is 5.56 Å². The second-order valence-corrected chi connectivity index (χ2v) is 4.11. The van der Waals surface area contributed by atoms with E-state index in [2.05, 4.69) is 0 Å². The minimum atomic E-state index is -0.787. The summed E-state index contributed by atoms with van der Waals surface area (Å²) < 4.78 is 13.8. The first-order chi connectivity index (χ1) is 9.63. The van der Waals surface area contributed by atoms with E-state index in [1.54, 1.807) is 36.6 Å². The van der Waals surface area contributed by atoms with E-state index in [1.807, 2.05) is 0 Å². The zero-order chi connectivity index (χ0) is 14.5. The number of benzene rings is 2. The number of carbonyl (C=O) groups is 1. The monoisotopic (exact) mass is 271 g/mol. The van der Waals surface area contributed by atoms with E-state index in [-0.39, 0.29) is 12.1 Å². The lowest BCUT2D eigenvalue weighted by Crippen LogP contribution is -2.32. The summed E-state index contributed by atoms with van der Waals surface area (Å²) >= 11 is 0. The van der Waals surface area contributed by atoms with Crippen LogP contribution in [0.15, 0.2) is 48.5 Å². The second-order valence-electron chi connectivity index (χ2n) is 4.11. The molecule has 2 aromatic carbocycles. The first-order valence-corrected chi connectivity index (χ1v) is 5.91. The summed E-state index contributed by atoms with van der Waals surface area (Å²) in [4.78, 5) is 23.0. The van der Waals surface area contributed by atoms with Gasteiger partial charge in [0.2, 0.25) is 6.29 Å². The Labute approximate surface area is 115 Å². The van der Waals surface area contributed by atoms with Gasteiger partial charge in [0.15, 0.2) is 0 Å². The number of anilines is 2. The van der Waals surface area contributed by atoms with Crippen molar-refractivity contribution in [2.24, 2.45) is 5.73 Å². The Morgan fingerprint density at radius 2 is 1.80 bits per heavy atom. The molecule has 2 rings (SSSR count). The molecule has 0 aliphatic rings. The van der Waals surface area contributed by atoms with E-state index in [1.165, 1.54) is 18.2 Å². The van der Waals surface area contributed by atoms with E-state index in [0.717, 1.165) is 10.5 Å². The fourth-order valence-corrected chi connectivity index (χ4v) is 1.86. The zero-order valence-electron chi connectivity index (χ0n) is 10.5. The highest BCUT2D eigenvalue weighted by molar-refractivity contribution is 5.98. The van der Waals surface area contributed by atoms with Gasteiger partial charge in [-0.05, 0) is 29.8 Å². The van der Waals surface area contributed by atoms with E-state index >= 15 is 0 Å². The normalized spacial score (nSPS) is 10.1. The van der Waals surface area contributed by atoms with Crippen LogP contribution in [0.2, 0.25) is 0 Å². The summed E-state index contributed by atoms with van der Waals surface area (Å²) in [6.45, 7) is 0. The third-order valence-electron chi connectivity index (χ3n) is 2.78. The van der Waals surface area contributed by atoms with Crippen molar-refractivity contribution in [2.75, 3.05) is 4.90 Å². The number of para-hydroxylation sites is 1. The van der Waals surface area contributed by atoms with Crippen molar-refractivity contribution in [3.05, 3.63) is 59.9 Å². The summed E-state index contributed by atoms with van der Waals surface area (Å²) in [5.74, 6) is -0.545. The largest absolute Gasteiger partial charge is 0.351 e. The minimum Gasteiger partial charge on any atom is -0.351 e. The molecule has 2 N–H and O–H groups in total. The highest BCUT2D eigenvalue weighted by Gasteiger charge is 2.18. The zero-order valence-corrected chi connectivity index (χ0v) is 10.5. The molecule has 0 spiro atoms. The summed E-state index contributed by atoms with van der Waals surface area (Å²) in [6.07, 6.45) is 1.94. The van der Waals surface area contributed by atoms with Gasteiger partial charge in [-0.15, -0.1) is 0 Å². The fourth-order valence-electron chi connectivity index (χ4n) is 1.86. The van der Waals surface area contributed by atoms with Gasteiger partial charge in [0.05, 0.1) is 11.4 Å². The van der Waals surface area contributed by atoms with Gasteiger partial charge in [-0.1, -0.05) is 24.3 Å². The molecule has 0 heterocycles. The summed E-state index contributed by atoms with van der Waals surface area (Å²) in [6, 6.07) is 11.6. The van der Waals surface area contributed by atoms with Gasteiger partial charge < -0.3 is 5.73 Å². The summed E-state index contributed by atoms with van der Waals surface area (Å²) in [5, 5.41) is 0. The van der Waals surface area contributed by atoms with Crippen LogP contribution in [0.25, 0.3) is 0 Å². The van der Waals surface area contributed by atoms with Crippen molar-refractivity contribution >= 4 is 23.7 Å². The maximum absolute atomic E-state index is 13.8. The standard InChI is InChI=1S/C15H12FN2O2/c16-13-3-1-2-4-14(13)18(15(17)20)12-7-5-11(6-8-12)9-10-19/h1-8H,9H2,(H2,17,20). The molecule has 101 valence electrons. The van der Waals surface area contributed by atoms with Crippen LogP contribution in [-0.4, -0.2) is 12.3 Å². The summed E-state index contributed by atoms with van der Waals surface area (Å²) in [5.41, 5.74) is 6.58. The first kappa shape index (κ1) is 13.7. The Morgan fingerprint density at radius 3 is 2.35 bits per heavy atom. The molecular formula is C15H12FN2O2. The van der Waals surface area contributed by atoms with Crippen molar-refractivity contribution in [1.29, 1.82) is 0 Å². The van der Waals surface area contributed by atoms with Gasteiger partial charge in [-0.25, -0.2) is 9.18 Å². The van der Waals surface area contributed by atoms with Crippen LogP contribution >= 0.6 is 0 Å². The number of nitrogens with two attached hydrogens (primary N) is 1. The number of nitrogens with zero attached hydrogens (tertiary/aromatic N) is 1. The molecule has 1 radical (unpaired) electrons. The third-order valence-corrected chi connectivity index (χ3v) is 2.78. The molecule has 2 amide bonds. The highest BCUT2D eigenvalue weighted by Crippen LogP contribution is 2.27. The van der Waals surface area contributed by atoms with E-state index in [9.17, 15) is 14.0 Å². The fraction of sp³-hybridized carbons (Fsp3) is 0.0667. The van der Waals surface area contributed by atoms with Gasteiger partial charge in [0.1, 0.15) is 5.82 Å². The average molecular weight is 271 g/mol. The van der Waals surface area contributed by atoms with Crippen molar-refractivity contribution in [3.63, 3.8) is 0 Å². The number of primary amides is 1. The Hall–Kier alpha value is -2.69. The van der Waals surface area contributed by atoms with Crippen LogP contribution in [0.5, 0.6) is 0 Å². The molecule has 0 aliphatic carbocycles. The van der Waals surface area contributed by atoms with Crippen molar-refractivity contribution in [2.45, 2.75) is 6.42 Å². The maximum Gasteiger partial charge on any atom is 0.323 e. The van der Waals surface area contributed by atoms with Crippen LogP contribution in [0, 0.1) is 5.82 Å². The molecule has 0 saturated carbocycles. The molecule has 0 fully saturated rings. The lowest BCUT2D eigenvalue weighted by molar-refractivity contribution is 0.256. The van der Waals surface area contributed by atoms with Crippen molar-refractivity contribution in [1.82, 2.24) is 0 Å². The molecule has 0 aliphatic heterocycles. The molecule has 4 nitrogen and oxygen atoms in total. The number of rotatable bonds is 4. The molecule has 2 aromatic rings. The van der Waals surface area contributed by atoms with Gasteiger partial charge in [-0.2, -0.15) is 0 Å². The summed E-state index contributed by atoms with van der Waals surface area (Å²) in [7, 11) is 0. The van der Waals surface area contributed by atoms with Crippen LogP contribution in [0.4, 0.5) is 20.6 Å². The average Bonchev–Trinajstić information content (AvgIpc) is 2.43. The number of hydrogen-bond donors (Lipinski definition) is 1. The lowest BCUT2D eigenvalue weighted by atomic mass is 10.1. The van der Waals surface area contributed by atoms with E-state index < -0.39 is 11.8 Å². The molecule has 0 saturated heterocycles. The SMILES string of the molecule is NC(=O)N(c1ccc(C[C]=O)cc1)c1ccccc1F. The highest BCUT2D eigenvalue weighted by atomic mass is 19.1. The number of hydrogen-bond acceptors (Lipinski definition) is 2. The quantitative estimate of drug-likeness (QED) is 0.929. The number of urea groups is 1. The molecule has 0 bridgehead atoms. The lowest BCUT2D eigenvalue weighted by Gasteiger charge is -2.21. The van der Waals surface area contributed by atoms with E-state index in [4.69, 9.17) is 5.73 Å². The van der Waals surface area contributed by atoms with Crippen molar-refractivity contribution < 1.29 is 14.0 Å². The molecule has 0 aromatic heterocycles. The molecule has 0 atom stereocenters. The molecule has 5 heteroatoms. The Balaban J connectivity index is 2.41. The molecule has 0 unspecified atom stereocenters. The van der Waals surface area contributed by atoms with Gasteiger partial charge in [0, 0.05) is 6.42 Å². The van der Waals surface area contributed by atoms with Crippen LogP contribution < -0.4 is 10.6 Å². The number of carbonyl (C=O) groups excluding carboxylic acids is 2. The van der Waals surface area contributed by atoms with E-state index in [0.29, 0.717) is 5.69 Å². The molecular weight excluding hydrogens is 259 g/mol. The van der Waals surface area contributed by atoms with Crippen LogP contribution in [0.3, 0.4) is 0 Å². The Morgan fingerprint density at radius 1 is 1.15 bits per heavy atom. The van der Waals surface area contributed by atoms with Crippen molar-refractivity contribution in [3.8, 4) is 0 Å². The Kier molecular flexibility index (Phi) is 4.10. The maximum atomic E-state index is 13.8. The molecule has 20 heavy (non-hydrogen) atoms. The Bertz CT molecular complexity index is 626. The first-order valence-electron chi connectivity index (χ1n) is 5.91.